The van der Waals surface area contributed by atoms with Crippen LogP contribution in [0.5, 0.6) is 5.75 Å². The van der Waals surface area contributed by atoms with Crippen LogP contribution in [-0.4, -0.2) is 36.9 Å². The summed E-state index contributed by atoms with van der Waals surface area (Å²) in [5.41, 5.74) is 3.52. The molecule has 0 aliphatic heterocycles. The van der Waals surface area contributed by atoms with E-state index in [9.17, 15) is 9.59 Å². The molecule has 5 nitrogen and oxygen atoms in total. The van der Waals surface area contributed by atoms with Gasteiger partial charge in [-0.2, -0.15) is 0 Å². The molecule has 0 spiro atoms. The van der Waals surface area contributed by atoms with Crippen LogP contribution in [0.3, 0.4) is 0 Å². The van der Waals surface area contributed by atoms with E-state index in [1.165, 1.54) is 17.5 Å². The van der Waals surface area contributed by atoms with Crippen LogP contribution in [0.25, 0.3) is 0 Å². The number of carbonyl (C=O) groups is 2. The third-order valence-electron chi connectivity index (χ3n) is 4.81. The van der Waals surface area contributed by atoms with E-state index in [4.69, 9.17) is 4.74 Å². The van der Waals surface area contributed by atoms with Crippen LogP contribution in [0.15, 0.2) is 48.5 Å². The number of benzene rings is 2. The number of ether oxygens (including phenoxy) is 1. The Morgan fingerprint density at radius 3 is 2.63 bits per heavy atom. The number of nitrogens with zero attached hydrogens (tertiary/aromatic N) is 1. The highest BCUT2D eigenvalue weighted by Crippen LogP contribution is 2.25. The van der Waals surface area contributed by atoms with Crippen molar-refractivity contribution in [3.8, 4) is 5.75 Å². The van der Waals surface area contributed by atoms with E-state index in [0.29, 0.717) is 13.2 Å². The highest BCUT2D eigenvalue weighted by molar-refractivity contribution is 5.93. The Hall–Kier alpha value is -2.82. The van der Waals surface area contributed by atoms with Gasteiger partial charge in [-0.1, -0.05) is 24.3 Å². The third kappa shape index (κ3) is 5.58. The number of para-hydroxylation sites is 1. The maximum absolute atomic E-state index is 12.2. The summed E-state index contributed by atoms with van der Waals surface area (Å²) in [6.45, 7) is 0.910. The van der Waals surface area contributed by atoms with Crippen molar-refractivity contribution in [3.05, 3.63) is 59.7 Å². The standard InChI is InChI=1S/C22H26N2O3/c1-24(14-15-27-20-8-3-2-4-9-20)22(26)13-12-21(25)23-19-11-10-17-6-5-7-18(17)16-19/h2-4,8-11,16H,5-7,12-15H2,1H3,(H,23,25). The molecule has 0 radical (unpaired) electrons. The molecule has 0 aromatic heterocycles. The van der Waals surface area contributed by atoms with Gasteiger partial charge in [0.05, 0.1) is 6.54 Å². The molecule has 2 aromatic rings. The van der Waals surface area contributed by atoms with Crippen molar-refractivity contribution in [3.63, 3.8) is 0 Å². The van der Waals surface area contributed by atoms with E-state index in [-0.39, 0.29) is 24.7 Å². The summed E-state index contributed by atoms with van der Waals surface area (Å²) in [6, 6.07) is 15.6. The van der Waals surface area contributed by atoms with Crippen LogP contribution in [0.2, 0.25) is 0 Å². The summed E-state index contributed by atoms with van der Waals surface area (Å²) < 4.78 is 5.59. The molecule has 1 aliphatic rings. The van der Waals surface area contributed by atoms with Crippen molar-refractivity contribution in [1.82, 2.24) is 4.90 Å². The topological polar surface area (TPSA) is 58.6 Å². The molecule has 5 heteroatoms. The van der Waals surface area contributed by atoms with Gasteiger partial charge in [0.25, 0.3) is 0 Å². The summed E-state index contributed by atoms with van der Waals surface area (Å²) in [4.78, 5) is 25.9. The minimum atomic E-state index is -0.129. The van der Waals surface area contributed by atoms with Gasteiger partial charge in [0.1, 0.15) is 12.4 Å². The maximum Gasteiger partial charge on any atom is 0.224 e. The largest absolute Gasteiger partial charge is 0.492 e. The smallest absolute Gasteiger partial charge is 0.224 e. The average molecular weight is 366 g/mol. The quantitative estimate of drug-likeness (QED) is 0.779. The number of rotatable bonds is 8. The molecule has 0 bridgehead atoms. The second-order valence-corrected chi connectivity index (χ2v) is 6.86. The van der Waals surface area contributed by atoms with E-state index in [0.717, 1.165) is 24.3 Å². The van der Waals surface area contributed by atoms with E-state index in [1.54, 1.807) is 11.9 Å². The van der Waals surface area contributed by atoms with Crippen LogP contribution in [0.4, 0.5) is 5.69 Å². The molecule has 2 aromatic carbocycles. The molecule has 0 saturated carbocycles. The molecule has 0 heterocycles. The predicted molar refractivity (Wildman–Crippen MR) is 106 cm³/mol. The minimum absolute atomic E-state index is 0.0595. The second-order valence-electron chi connectivity index (χ2n) is 6.86. The summed E-state index contributed by atoms with van der Waals surface area (Å²) in [5, 5.41) is 2.90. The Kier molecular flexibility index (Phi) is 6.47. The maximum atomic E-state index is 12.2. The van der Waals surface area contributed by atoms with Gasteiger partial charge in [-0.3, -0.25) is 9.59 Å². The molecule has 0 fully saturated rings. The molecule has 1 aliphatic carbocycles. The van der Waals surface area contributed by atoms with Gasteiger partial charge in [-0.25, -0.2) is 0 Å². The Labute approximate surface area is 160 Å². The van der Waals surface area contributed by atoms with Crippen molar-refractivity contribution < 1.29 is 14.3 Å². The van der Waals surface area contributed by atoms with Crippen molar-refractivity contribution in [2.75, 3.05) is 25.5 Å². The van der Waals surface area contributed by atoms with Gasteiger partial charge in [0.2, 0.25) is 11.8 Å². The number of amides is 2. The molecule has 0 atom stereocenters. The lowest BCUT2D eigenvalue weighted by atomic mass is 10.1. The van der Waals surface area contributed by atoms with Crippen LogP contribution in [0, 0.1) is 0 Å². The fourth-order valence-corrected chi connectivity index (χ4v) is 3.23. The zero-order valence-corrected chi connectivity index (χ0v) is 15.7. The summed E-state index contributed by atoms with van der Waals surface area (Å²) in [5.74, 6) is 0.595. The first-order valence-corrected chi connectivity index (χ1v) is 9.45. The Balaban J connectivity index is 1.37. The van der Waals surface area contributed by atoms with E-state index >= 15 is 0 Å². The van der Waals surface area contributed by atoms with E-state index in [2.05, 4.69) is 17.4 Å². The number of hydrogen-bond donors (Lipinski definition) is 1. The highest BCUT2D eigenvalue weighted by atomic mass is 16.5. The summed E-state index contributed by atoms with van der Waals surface area (Å²) >= 11 is 0. The Morgan fingerprint density at radius 1 is 1.04 bits per heavy atom. The number of carbonyl (C=O) groups excluding carboxylic acids is 2. The van der Waals surface area contributed by atoms with Crippen LogP contribution >= 0.6 is 0 Å². The van der Waals surface area contributed by atoms with Crippen molar-refractivity contribution >= 4 is 17.5 Å². The molecule has 3 rings (SSSR count). The van der Waals surface area contributed by atoms with Crippen molar-refractivity contribution in [2.45, 2.75) is 32.1 Å². The lowest BCUT2D eigenvalue weighted by Crippen LogP contribution is -2.31. The molecule has 1 N–H and O–H groups in total. The van der Waals surface area contributed by atoms with E-state index in [1.807, 2.05) is 36.4 Å². The van der Waals surface area contributed by atoms with Crippen molar-refractivity contribution in [1.29, 1.82) is 0 Å². The monoisotopic (exact) mass is 366 g/mol. The lowest BCUT2D eigenvalue weighted by Gasteiger charge is -2.17. The van der Waals surface area contributed by atoms with Crippen molar-refractivity contribution in [2.24, 2.45) is 0 Å². The fourth-order valence-electron chi connectivity index (χ4n) is 3.23. The number of nitrogens with one attached hydrogen (secondary N) is 1. The SMILES string of the molecule is CN(CCOc1ccccc1)C(=O)CCC(=O)Nc1ccc2c(c1)CCC2. The molecule has 142 valence electrons. The van der Waals surface area contributed by atoms with Gasteiger partial charge in [-0.05, 0) is 54.7 Å². The van der Waals surface area contributed by atoms with Crippen LogP contribution in [0.1, 0.15) is 30.4 Å². The molecular weight excluding hydrogens is 340 g/mol. The Bertz CT molecular complexity index is 789. The van der Waals surface area contributed by atoms with E-state index < -0.39 is 0 Å². The summed E-state index contributed by atoms with van der Waals surface area (Å²) in [7, 11) is 1.73. The molecule has 0 saturated heterocycles. The Morgan fingerprint density at radius 2 is 1.81 bits per heavy atom. The number of aryl methyl sites for hydroxylation is 2. The normalized spacial score (nSPS) is 12.3. The number of likely N-dealkylation sites (N-methyl/N-ethyl adjacent to an activating group) is 1. The van der Waals surface area contributed by atoms with Crippen LogP contribution < -0.4 is 10.1 Å². The molecule has 2 amide bonds. The van der Waals surface area contributed by atoms with Gasteiger partial charge in [0, 0.05) is 25.6 Å². The number of anilines is 1. The first-order chi connectivity index (χ1) is 13.1. The zero-order chi connectivity index (χ0) is 19.1. The first kappa shape index (κ1) is 19.0. The number of hydrogen-bond acceptors (Lipinski definition) is 3. The van der Waals surface area contributed by atoms with Crippen LogP contribution in [-0.2, 0) is 22.4 Å². The lowest BCUT2D eigenvalue weighted by molar-refractivity contribution is -0.131. The zero-order valence-electron chi connectivity index (χ0n) is 15.7. The fraction of sp³-hybridized carbons (Fsp3) is 0.364. The minimum Gasteiger partial charge on any atom is -0.492 e. The van der Waals surface area contributed by atoms with Gasteiger partial charge >= 0.3 is 0 Å². The highest BCUT2D eigenvalue weighted by Gasteiger charge is 2.14. The predicted octanol–water partition coefficient (Wildman–Crippen LogP) is 3.43. The first-order valence-electron chi connectivity index (χ1n) is 9.45. The van der Waals surface area contributed by atoms with Gasteiger partial charge in [-0.15, -0.1) is 0 Å². The summed E-state index contributed by atoms with van der Waals surface area (Å²) in [6.07, 6.45) is 3.76. The second kappa shape index (κ2) is 9.21. The average Bonchev–Trinajstić information content (AvgIpc) is 3.14. The third-order valence-corrected chi connectivity index (χ3v) is 4.81. The van der Waals surface area contributed by atoms with Gasteiger partial charge < -0.3 is 15.0 Å². The number of fused-ring (bicyclic) bond motifs is 1. The van der Waals surface area contributed by atoms with Gasteiger partial charge in [0.15, 0.2) is 0 Å². The molecular formula is C22H26N2O3. The molecule has 0 unspecified atom stereocenters. The molecule has 27 heavy (non-hydrogen) atoms.